The average molecular weight is 997 g/mol. The third kappa shape index (κ3) is 6.75. The van der Waals surface area contributed by atoms with Gasteiger partial charge < -0.3 is 18.0 Å². The highest BCUT2D eigenvalue weighted by Crippen LogP contribution is 2.46. The topological polar surface area (TPSA) is 79.2 Å². The van der Waals surface area contributed by atoms with Gasteiger partial charge in [-0.3, -0.25) is 0 Å². The van der Waals surface area contributed by atoms with Gasteiger partial charge in [0.05, 0.1) is 34.3 Å². The van der Waals surface area contributed by atoms with Gasteiger partial charge in [-0.1, -0.05) is 152 Å². The van der Waals surface area contributed by atoms with Crippen LogP contribution in [0.3, 0.4) is 0 Å². The number of hydrogen-bond donors (Lipinski definition) is 0. The van der Waals surface area contributed by atoms with Crippen LogP contribution in [0.15, 0.2) is 251 Å². The smallest absolute Gasteiger partial charge is 0.188 e. The predicted molar refractivity (Wildman–Crippen MR) is 317 cm³/mol. The summed E-state index contributed by atoms with van der Waals surface area (Å²) < 4.78 is 17.6. The lowest BCUT2D eigenvalue weighted by atomic mass is 9.92. The molecular formula is C70H40N6O2. The van der Waals surface area contributed by atoms with Crippen molar-refractivity contribution in [3.05, 3.63) is 254 Å². The molecule has 8 nitrogen and oxygen atoms in total. The molecule has 0 atom stereocenters. The van der Waals surface area contributed by atoms with Crippen LogP contribution in [0, 0.1) is 6.57 Å². The van der Waals surface area contributed by atoms with Crippen molar-refractivity contribution in [3.63, 3.8) is 0 Å². The quantitative estimate of drug-likeness (QED) is 0.149. The Bertz CT molecular complexity index is 4930. The van der Waals surface area contributed by atoms with E-state index in [9.17, 15) is 0 Å². The van der Waals surface area contributed by atoms with Crippen molar-refractivity contribution in [3.8, 4) is 67.8 Å². The second-order valence-electron chi connectivity index (χ2n) is 19.8. The number of benzene rings is 11. The van der Waals surface area contributed by atoms with Crippen LogP contribution in [-0.2, 0) is 0 Å². The molecule has 0 fully saturated rings. The third-order valence-electron chi connectivity index (χ3n) is 15.4. The van der Waals surface area contributed by atoms with Crippen LogP contribution < -0.4 is 0 Å². The number of hydrogen-bond acceptors (Lipinski definition) is 5. The summed E-state index contributed by atoms with van der Waals surface area (Å²) in [6, 6.07) is 84.1. The molecule has 0 aliphatic heterocycles. The van der Waals surface area contributed by atoms with Crippen molar-refractivity contribution in [2.45, 2.75) is 0 Å². The van der Waals surface area contributed by atoms with E-state index >= 15 is 0 Å². The van der Waals surface area contributed by atoms with Crippen LogP contribution in [0.5, 0.6) is 0 Å². The molecule has 5 aromatic heterocycles. The maximum atomic E-state index is 8.18. The minimum Gasteiger partial charge on any atom is -0.456 e. The molecule has 8 heteroatoms. The van der Waals surface area contributed by atoms with Crippen molar-refractivity contribution >= 4 is 93.2 Å². The summed E-state index contributed by atoms with van der Waals surface area (Å²) in [6.07, 6.45) is 0. The predicted octanol–water partition coefficient (Wildman–Crippen LogP) is 18.8. The molecule has 362 valence electrons. The molecule has 0 aliphatic rings. The summed E-state index contributed by atoms with van der Waals surface area (Å²) in [5.41, 5.74) is 16.4. The fourth-order valence-corrected chi connectivity index (χ4v) is 11.8. The highest BCUT2D eigenvalue weighted by Gasteiger charge is 2.25. The second-order valence-corrected chi connectivity index (χ2v) is 19.8. The first-order chi connectivity index (χ1) is 38.6. The monoisotopic (exact) mass is 996 g/mol. The first kappa shape index (κ1) is 43.5. The van der Waals surface area contributed by atoms with Gasteiger partial charge in [0.15, 0.2) is 23.2 Å². The standard InChI is InChI=1S/C70H40N6O2/c1-71-47-30-34-61-57(40-47)58-41-48(75-59-24-12-8-20-49(59)50-21-9-13-25-60(50)75)31-35-62(58)76(61)67-55(42-16-4-2-5-17-42)36-46(37-56(67)43-18-6-3-7-19-43)70-73-68(44-28-32-53-51-22-10-14-26-63(51)77-65(53)38-44)72-69(74-70)45-29-33-54-52-23-11-15-27-64(52)78-66(54)39-45/h2-41H. The fraction of sp³-hybridized carbons (Fsp3) is 0. The third-order valence-corrected chi connectivity index (χ3v) is 15.4. The normalized spacial score (nSPS) is 11.8. The second kappa shape index (κ2) is 17.1. The van der Waals surface area contributed by atoms with E-state index in [0.717, 1.165) is 127 Å². The summed E-state index contributed by atoms with van der Waals surface area (Å²) in [5.74, 6) is 1.52. The number of aromatic nitrogens is 5. The Morgan fingerprint density at radius 3 is 1.28 bits per heavy atom. The molecule has 0 spiro atoms. The average Bonchev–Trinajstić information content (AvgIpc) is 4.43. The van der Waals surface area contributed by atoms with Gasteiger partial charge in [-0.25, -0.2) is 19.8 Å². The van der Waals surface area contributed by atoms with Crippen molar-refractivity contribution in [1.29, 1.82) is 0 Å². The van der Waals surface area contributed by atoms with Gasteiger partial charge in [-0.2, -0.15) is 0 Å². The summed E-state index contributed by atoms with van der Waals surface area (Å²) in [4.78, 5) is 20.0. The van der Waals surface area contributed by atoms with Crippen LogP contribution in [0.2, 0.25) is 0 Å². The Balaban J connectivity index is 0.967. The Kier molecular flexibility index (Phi) is 9.53. The molecule has 0 amide bonds. The summed E-state index contributed by atoms with van der Waals surface area (Å²) in [7, 11) is 0. The SMILES string of the molecule is [C-]#[N+]c1ccc2c(c1)c1cc(-n3c4ccccc4c4ccccc43)ccc1n2-c1c(-c2ccccc2)cc(-c2nc(-c3ccc4c(c3)oc3ccccc34)nc(-c3ccc4c(c3)oc3ccccc34)n2)cc1-c1ccccc1. The van der Waals surface area contributed by atoms with Crippen LogP contribution in [0.4, 0.5) is 5.69 Å². The fourth-order valence-electron chi connectivity index (χ4n) is 11.8. The van der Waals surface area contributed by atoms with Gasteiger partial charge >= 0.3 is 0 Å². The van der Waals surface area contributed by atoms with Gasteiger partial charge in [0.1, 0.15) is 22.3 Å². The summed E-state index contributed by atoms with van der Waals surface area (Å²) >= 11 is 0. The zero-order chi connectivity index (χ0) is 51.4. The lowest BCUT2D eigenvalue weighted by Crippen LogP contribution is -2.04. The Labute approximate surface area is 445 Å². The van der Waals surface area contributed by atoms with E-state index in [-0.39, 0.29) is 0 Å². The summed E-state index contributed by atoms with van der Waals surface area (Å²) in [5, 5.41) is 8.56. The van der Waals surface area contributed by atoms with E-state index in [4.69, 9.17) is 30.4 Å². The van der Waals surface area contributed by atoms with Crippen LogP contribution in [0.25, 0.3) is 160 Å². The molecule has 5 heterocycles. The van der Waals surface area contributed by atoms with Gasteiger partial charge in [-0.15, -0.1) is 0 Å². The Morgan fingerprint density at radius 1 is 0.308 bits per heavy atom. The van der Waals surface area contributed by atoms with Crippen molar-refractivity contribution in [1.82, 2.24) is 24.1 Å². The summed E-state index contributed by atoms with van der Waals surface area (Å²) in [6.45, 7) is 8.18. The lowest BCUT2D eigenvalue weighted by molar-refractivity contribution is 0.668. The zero-order valence-corrected chi connectivity index (χ0v) is 41.6. The molecule has 0 bridgehead atoms. The molecule has 11 aromatic carbocycles. The Morgan fingerprint density at radius 2 is 0.744 bits per heavy atom. The molecule has 0 N–H and O–H groups in total. The van der Waals surface area contributed by atoms with E-state index in [0.29, 0.717) is 23.2 Å². The van der Waals surface area contributed by atoms with Crippen molar-refractivity contribution in [2.24, 2.45) is 0 Å². The molecule has 0 aliphatic carbocycles. The highest BCUT2D eigenvalue weighted by atomic mass is 16.3. The van der Waals surface area contributed by atoms with E-state index < -0.39 is 0 Å². The van der Waals surface area contributed by atoms with Gasteiger partial charge in [0.2, 0.25) is 0 Å². The van der Waals surface area contributed by atoms with Gasteiger partial charge in [-0.05, 0) is 108 Å². The minimum absolute atomic E-state index is 0.505. The van der Waals surface area contributed by atoms with Crippen LogP contribution in [-0.4, -0.2) is 24.1 Å². The number of nitrogens with zero attached hydrogens (tertiary/aromatic N) is 6. The van der Waals surface area contributed by atoms with Crippen LogP contribution >= 0.6 is 0 Å². The minimum atomic E-state index is 0.505. The molecule has 0 saturated heterocycles. The molecule has 0 radical (unpaired) electrons. The van der Waals surface area contributed by atoms with Gasteiger partial charge in [0, 0.05) is 71.2 Å². The molecule has 0 unspecified atom stereocenters. The highest BCUT2D eigenvalue weighted by molar-refractivity contribution is 6.14. The maximum Gasteiger partial charge on any atom is 0.188 e. The first-order valence-corrected chi connectivity index (χ1v) is 25.9. The molecular weight excluding hydrogens is 957 g/mol. The number of rotatable bonds is 7. The maximum absolute atomic E-state index is 8.18. The van der Waals surface area contributed by atoms with Crippen molar-refractivity contribution < 1.29 is 8.83 Å². The molecule has 16 rings (SSSR count). The number of fused-ring (bicyclic) bond motifs is 12. The lowest BCUT2D eigenvalue weighted by Gasteiger charge is -2.21. The van der Waals surface area contributed by atoms with E-state index in [1.165, 1.54) is 10.8 Å². The first-order valence-electron chi connectivity index (χ1n) is 25.9. The molecule has 0 saturated carbocycles. The number of furan rings is 2. The van der Waals surface area contributed by atoms with Gasteiger partial charge in [0.25, 0.3) is 0 Å². The van der Waals surface area contributed by atoms with E-state index in [1.807, 2.05) is 60.7 Å². The molecule has 78 heavy (non-hydrogen) atoms. The molecule has 16 aromatic rings. The van der Waals surface area contributed by atoms with E-state index in [1.54, 1.807) is 0 Å². The van der Waals surface area contributed by atoms with Crippen LogP contribution in [0.1, 0.15) is 0 Å². The number of para-hydroxylation sites is 4. The largest absolute Gasteiger partial charge is 0.456 e. The van der Waals surface area contributed by atoms with E-state index in [2.05, 4.69) is 196 Å². The Hall–Kier alpha value is -10.9. The zero-order valence-electron chi connectivity index (χ0n) is 41.6. The van der Waals surface area contributed by atoms with Crippen molar-refractivity contribution in [2.75, 3.05) is 0 Å².